The molecule has 0 spiro atoms. The summed E-state index contributed by atoms with van der Waals surface area (Å²) in [6.07, 6.45) is 8.47. The van der Waals surface area contributed by atoms with Crippen LogP contribution in [0.25, 0.3) is 0 Å². The highest BCUT2D eigenvalue weighted by Crippen LogP contribution is 2.29. The van der Waals surface area contributed by atoms with Gasteiger partial charge in [-0.15, -0.1) is 0 Å². The summed E-state index contributed by atoms with van der Waals surface area (Å²) in [5.41, 5.74) is 0.480. The molecule has 0 aromatic carbocycles. The summed E-state index contributed by atoms with van der Waals surface area (Å²) in [7, 11) is 0. The molecule has 0 aromatic heterocycles. The molecule has 2 aliphatic rings. The Morgan fingerprint density at radius 1 is 1.25 bits per heavy atom. The van der Waals surface area contributed by atoms with Crippen molar-refractivity contribution in [1.82, 2.24) is 10.2 Å². The summed E-state index contributed by atoms with van der Waals surface area (Å²) in [5.74, 6) is 1.01. The van der Waals surface area contributed by atoms with E-state index in [2.05, 4.69) is 24.1 Å². The number of piperidine rings is 1. The van der Waals surface area contributed by atoms with Gasteiger partial charge in [0, 0.05) is 5.54 Å². The maximum absolute atomic E-state index is 3.45. The van der Waals surface area contributed by atoms with Gasteiger partial charge in [-0.2, -0.15) is 0 Å². The highest BCUT2D eigenvalue weighted by molar-refractivity contribution is 4.87. The molecule has 94 valence electrons. The van der Waals surface area contributed by atoms with Gasteiger partial charge in [0.2, 0.25) is 0 Å². The van der Waals surface area contributed by atoms with Crippen LogP contribution in [0.4, 0.5) is 0 Å². The van der Waals surface area contributed by atoms with E-state index >= 15 is 0 Å². The van der Waals surface area contributed by atoms with Gasteiger partial charge in [-0.3, -0.25) is 4.90 Å². The minimum Gasteiger partial charge on any atom is -0.317 e. The lowest BCUT2D eigenvalue weighted by atomic mass is 9.93. The van der Waals surface area contributed by atoms with Crippen LogP contribution in [0, 0.1) is 5.92 Å². The van der Waals surface area contributed by atoms with Crippen molar-refractivity contribution < 1.29 is 0 Å². The van der Waals surface area contributed by atoms with Gasteiger partial charge >= 0.3 is 0 Å². The van der Waals surface area contributed by atoms with E-state index in [1.54, 1.807) is 0 Å². The third-order valence-corrected chi connectivity index (χ3v) is 4.57. The maximum atomic E-state index is 3.45. The van der Waals surface area contributed by atoms with Crippen LogP contribution >= 0.6 is 0 Å². The van der Waals surface area contributed by atoms with Crippen molar-refractivity contribution in [2.24, 2.45) is 5.92 Å². The molecule has 2 nitrogen and oxygen atoms in total. The summed E-state index contributed by atoms with van der Waals surface area (Å²) < 4.78 is 0. The molecule has 2 saturated heterocycles. The third kappa shape index (κ3) is 3.21. The first-order chi connectivity index (χ1) is 7.68. The van der Waals surface area contributed by atoms with Crippen molar-refractivity contribution in [1.29, 1.82) is 0 Å². The van der Waals surface area contributed by atoms with Gasteiger partial charge in [-0.05, 0) is 84.5 Å². The van der Waals surface area contributed by atoms with Crippen molar-refractivity contribution in [2.75, 3.05) is 26.2 Å². The first-order valence-corrected chi connectivity index (χ1v) is 7.14. The second-order valence-corrected chi connectivity index (χ2v) is 6.24. The SMILES string of the molecule is CC1(C)CCCN1CCCC1CCNCC1. The summed E-state index contributed by atoms with van der Waals surface area (Å²) in [5, 5.41) is 3.45. The first kappa shape index (κ1) is 12.4. The molecular formula is C14H28N2. The summed E-state index contributed by atoms with van der Waals surface area (Å²) >= 11 is 0. The second kappa shape index (κ2) is 5.50. The van der Waals surface area contributed by atoms with Crippen molar-refractivity contribution in [3.63, 3.8) is 0 Å². The molecular weight excluding hydrogens is 196 g/mol. The summed E-state index contributed by atoms with van der Waals surface area (Å²) in [6.45, 7) is 9.98. The molecule has 0 radical (unpaired) electrons. The smallest absolute Gasteiger partial charge is 0.0153 e. The van der Waals surface area contributed by atoms with Crippen LogP contribution in [-0.2, 0) is 0 Å². The molecule has 2 fully saturated rings. The van der Waals surface area contributed by atoms with Crippen LogP contribution in [0.3, 0.4) is 0 Å². The van der Waals surface area contributed by atoms with E-state index in [-0.39, 0.29) is 0 Å². The van der Waals surface area contributed by atoms with Crippen LogP contribution < -0.4 is 5.32 Å². The Bertz CT molecular complexity index is 207. The van der Waals surface area contributed by atoms with Crippen LogP contribution in [-0.4, -0.2) is 36.6 Å². The highest BCUT2D eigenvalue weighted by atomic mass is 15.2. The van der Waals surface area contributed by atoms with E-state index in [4.69, 9.17) is 0 Å². The van der Waals surface area contributed by atoms with E-state index in [1.165, 1.54) is 64.7 Å². The van der Waals surface area contributed by atoms with Crippen molar-refractivity contribution in [2.45, 2.75) is 57.9 Å². The lowest BCUT2D eigenvalue weighted by Crippen LogP contribution is -2.39. The van der Waals surface area contributed by atoms with Gasteiger partial charge in [-0.1, -0.05) is 0 Å². The summed E-state index contributed by atoms with van der Waals surface area (Å²) in [6, 6.07) is 0. The van der Waals surface area contributed by atoms with Crippen LogP contribution in [0.2, 0.25) is 0 Å². The molecule has 0 atom stereocenters. The fourth-order valence-corrected chi connectivity index (χ4v) is 3.32. The molecule has 0 saturated carbocycles. The summed E-state index contributed by atoms with van der Waals surface area (Å²) in [4.78, 5) is 2.70. The predicted molar refractivity (Wildman–Crippen MR) is 69.7 cm³/mol. The van der Waals surface area contributed by atoms with Gasteiger partial charge in [0.05, 0.1) is 0 Å². The molecule has 2 rings (SSSR count). The molecule has 2 aliphatic heterocycles. The highest BCUT2D eigenvalue weighted by Gasteiger charge is 2.31. The quantitative estimate of drug-likeness (QED) is 0.790. The van der Waals surface area contributed by atoms with E-state index in [0.717, 1.165) is 5.92 Å². The maximum Gasteiger partial charge on any atom is 0.0153 e. The van der Waals surface area contributed by atoms with Gasteiger partial charge in [-0.25, -0.2) is 0 Å². The molecule has 0 amide bonds. The first-order valence-electron chi connectivity index (χ1n) is 7.14. The molecule has 1 N–H and O–H groups in total. The van der Waals surface area contributed by atoms with Crippen LogP contribution in [0.1, 0.15) is 52.4 Å². The average molecular weight is 224 g/mol. The number of hydrogen-bond acceptors (Lipinski definition) is 2. The Kier molecular flexibility index (Phi) is 4.26. The molecule has 0 unspecified atom stereocenters. The molecule has 0 aromatic rings. The second-order valence-electron chi connectivity index (χ2n) is 6.24. The van der Waals surface area contributed by atoms with Gasteiger partial charge in [0.15, 0.2) is 0 Å². The minimum atomic E-state index is 0.480. The Hall–Kier alpha value is -0.0800. The third-order valence-electron chi connectivity index (χ3n) is 4.57. The fraction of sp³-hybridized carbons (Fsp3) is 1.00. The molecule has 2 heterocycles. The van der Waals surface area contributed by atoms with Gasteiger partial charge in [0.1, 0.15) is 0 Å². The minimum absolute atomic E-state index is 0.480. The zero-order valence-electron chi connectivity index (χ0n) is 11.1. The monoisotopic (exact) mass is 224 g/mol. The number of nitrogens with zero attached hydrogens (tertiary/aromatic N) is 1. The molecule has 2 heteroatoms. The zero-order chi connectivity index (χ0) is 11.4. The van der Waals surface area contributed by atoms with E-state index < -0.39 is 0 Å². The number of likely N-dealkylation sites (tertiary alicyclic amines) is 1. The Balaban J connectivity index is 1.63. The number of rotatable bonds is 4. The van der Waals surface area contributed by atoms with Crippen molar-refractivity contribution >= 4 is 0 Å². The zero-order valence-corrected chi connectivity index (χ0v) is 11.1. The topological polar surface area (TPSA) is 15.3 Å². The van der Waals surface area contributed by atoms with Crippen LogP contribution in [0.5, 0.6) is 0 Å². The molecule has 16 heavy (non-hydrogen) atoms. The van der Waals surface area contributed by atoms with E-state index in [9.17, 15) is 0 Å². The predicted octanol–water partition coefficient (Wildman–Crippen LogP) is 2.64. The molecule has 0 bridgehead atoms. The van der Waals surface area contributed by atoms with Crippen LogP contribution in [0.15, 0.2) is 0 Å². The van der Waals surface area contributed by atoms with Crippen molar-refractivity contribution in [3.05, 3.63) is 0 Å². The Morgan fingerprint density at radius 3 is 2.62 bits per heavy atom. The fourth-order valence-electron chi connectivity index (χ4n) is 3.32. The number of nitrogens with one attached hydrogen (secondary N) is 1. The normalized spacial score (nSPS) is 27.4. The van der Waals surface area contributed by atoms with Gasteiger partial charge in [0.25, 0.3) is 0 Å². The van der Waals surface area contributed by atoms with E-state index in [1.807, 2.05) is 0 Å². The van der Waals surface area contributed by atoms with E-state index in [0.29, 0.717) is 5.54 Å². The Labute approximate surface area is 101 Å². The number of hydrogen-bond donors (Lipinski definition) is 1. The Morgan fingerprint density at radius 2 is 2.00 bits per heavy atom. The largest absolute Gasteiger partial charge is 0.317 e. The standard InChI is InChI=1S/C14H28N2/c1-14(2)8-4-12-16(14)11-3-5-13-6-9-15-10-7-13/h13,15H,3-12H2,1-2H3. The lowest BCUT2D eigenvalue weighted by Gasteiger charge is -2.32. The van der Waals surface area contributed by atoms with Gasteiger partial charge < -0.3 is 5.32 Å². The lowest BCUT2D eigenvalue weighted by molar-refractivity contribution is 0.166. The average Bonchev–Trinajstić information content (AvgIpc) is 2.60. The molecule has 0 aliphatic carbocycles. The van der Waals surface area contributed by atoms with Crippen molar-refractivity contribution in [3.8, 4) is 0 Å².